The predicted molar refractivity (Wildman–Crippen MR) is 62.3 cm³/mol. The molecule has 0 aliphatic heterocycles. The first-order chi connectivity index (χ1) is 8.66. The molecule has 1 unspecified atom stereocenters. The molecule has 106 valence electrons. The molecule has 0 saturated carbocycles. The second kappa shape index (κ2) is 5.66. The van der Waals surface area contributed by atoms with Crippen LogP contribution >= 0.6 is 11.6 Å². The average Bonchev–Trinajstić information content (AvgIpc) is 2.29. The lowest BCUT2D eigenvalue weighted by molar-refractivity contribution is -0.139. The van der Waals surface area contributed by atoms with Crippen LogP contribution in [0.4, 0.5) is 13.2 Å². The Kier molecular flexibility index (Phi) is 4.65. The third kappa shape index (κ3) is 3.74. The molecule has 0 amide bonds. The summed E-state index contributed by atoms with van der Waals surface area (Å²) in [7, 11) is 1.17. The summed E-state index contributed by atoms with van der Waals surface area (Å²) in [4.78, 5) is 10.7. The van der Waals surface area contributed by atoms with Gasteiger partial charge < -0.3 is 15.6 Å². The molecule has 0 saturated heterocycles. The zero-order valence-electron chi connectivity index (χ0n) is 9.79. The van der Waals surface area contributed by atoms with E-state index in [1.165, 1.54) is 7.11 Å². The van der Waals surface area contributed by atoms with Crippen LogP contribution in [-0.2, 0) is 17.4 Å². The van der Waals surface area contributed by atoms with Crippen molar-refractivity contribution in [1.29, 1.82) is 0 Å². The van der Waals surface area contributed by atoms with Crippen LogP contribution in [0.25, 0.3) is 0 Å². The van der Waals surface area contributed by atoms with E-state index in [0.29, 0.717) is 6.07 Å². The van der Waals surface area contributed by atoms with Crippen LogP contribution in [0.3, 0.4) is 0 Å². The Labute approximate surface area is 111 Å². The first kappa shape index (κ1) is 15.6. The Hall–Kier alpha value is -1.47. The van der Waals surface area contributed by atoms with Gasteiger partial charge in [0.25, 0.3) is 0 Å². The average molecular weight is 298 g/mol. The van der Waals surface area contributed by atoms with E-state index < -0.39 is 23.8 Å². The Morgan fingerprint density at radius 2 is 2.11 bits per heavy atom. The van der Waals surface area contributed by atoms with Gasteiger partial charge in [-0.1, -0.05) is 11.6 Å². The Morgan fingerprint density at radius 1 is 1.53 bits per heavy atom. The molecule has 0 aliphatic carbocycles. The first-order valence-electron chi connectivity index (χ1n) is 5.08. The molecule has 0 aromatic heterocycles. The molecule has 0 bridgehead atoms. The van der Waals surface area contributed by atoms with Crippen molar-refractivity contribution in [3.8, 4) is 5.75 Å². The zero-order valence-corrected chi connectivity index (χ0v) is 10.5. The quantitative estimate of drug-likeness (QED) is 0.894. The number of carbonyl (C=O) groups is 1. The number of halogens is 4. The predicted octanol–water partition coefficient (Wildman–Crippen LogP) is 2.32. The maximum absolute atomic E-state index is 12.6. The summed E-state index contributed by atoms with van der Waals surface area (Å²) in [5, 5.41) is 8.46. The summed E-state index contributed by atoms with van der Waals surface area (Å²) in [6.45, 7) is 0. The second-order valence-corrected chi connectivity index (χ2v) is 4.19. The standard InChI is InChI=1S/C11H11ClF3NO3/c1-19-9-3-5(11(13,14)15)2-7(12)6(9)4-8(16)10(17)18/h2-3,8H,4,16H2,1H3,(H,17,18). The molecule has 0 heterocycles. The fourth-order valence-electron chi connectivity index (χ4n) is 1.46. The van der Waals surface area contributed by atoms with Crippen LogP contribution in [0, 0.1) is 0 Å². The van der Waals surface area contributed by atoms with E-state index in [4.69, 9.17) is 27.2 Å². The second-order valence-electron chi connectivity index (χ2n) is 3.79. The summed E-state index contributed by atoms with van der Waals surface area (Å²) >= 11 is 5.74. The number of carboxylic acids is 1. The van der Waals surface area contributed by atoms with Gasteiger partial charge in [-0.3, -0.25) is 4.79 Å². The van der Waals surface area contributed by atoms with Crippen molar-refractivity contribution in [2.75, 3.05) is 7.11 Å². The third-order valence-electron chi connectivity index (χ3n) is 2.44. The molecule has 0 aliphatic rings. The SMILES string of the molecule is COc1cc(C(F)(F)F)cc(Cl)c1CC(N)C(=O)O. The first-order valence-corrected chi connectivity index (χ1v) is 5.46. The van der Waals surface area contributed by atoms with Gasteiger partial charge >= 0.3 is 12.1 Å². The van der Waals surface area contributed by atoms with E-state index in [1.54, 1.807) is 0 Å². The molecular weight excluding hydrogens is 287 g/mol. The molecule has 0 spiro atoms. The van der Waals surface area contributed by atoms with Crippen LogP contribution in [0.2, 0.25) is 5.02 Å². The summed E-state index contributed by atoms with van der Waals surface area (Å²) in [6.07, 6.45) is -4.79. The number of hydrogen-bond donors (Lipinski definition) is 2. The lowest BCUT2D eigenvalue weighted by Gasteiger charge is -2.16. The fraction of sp³-hybridized carbons (Fsp3) is 0.364. The van der Waals surface area contributed by atoms with Gasteiger partial charge in [-0.2, -0.15) is 13.2 Å². The van der Waals surface area contributed by atoms with Crippen LogP contribution in [0.15, 0.2) is 12.1 Å². The normalized spacial score (nSPS) is 13.2. The van der Waals surface area contributed by atoms with E-state index in [0.717, 1.165) is 6.07 Å². The van der Waals surface area contributed by atoms with E-state index in [2.05, 4.69) is 0 Å². The molecule has 0 fully saturated rings. The minimum absolute atomic E-state index is 0.132. The Balaban J connectivity index is 3.23. The number of aliphatic carboxylic acids is 1. The van der Waals surface area contributed by atoms with Crippen LogP contribution < -0.4 is 10.5 Å². The maximum atomic E-state index is 12.6. The molecule has 0 radical (unpaired) electrons. The van der Waals surface area contributed by atoms with Gasteiger partial charge in [0.05, 0.1) is 12.7 Å². The number of rotatable bonds is 4. The summed E-state index contributed by atoms with van der Waals surface area (Å²) in [6, 6.07) is 0.201. The number of ether oxygens (including phenoxy) is 1. The van der Waals surface area contributed by atoms with E-state index in [1.807, 2.05) is 0 Å². The molecule has 1 rings (SSSR count). The lowest BCUT2D eigenvalue weighted by Crippen LogP contribution is -2.32. The highest BCUT2D eigenvalue weighted by molar-refractivity contribution is 6.31. The van der Waals surface area contributed by atoms with Crippen LogP contribution in [0.5, 0.6) is 5.75 Å². The highest BCUT2D eigenvalue weighted by Gasteiger charge is 2.32. The van der Waals surface area contributed by atoms with Crippen molar-refractivity contribution < 1.29 is 27.8 Å². The topological polar surface area (TPSA) is 72.5 Å². The van der Waals surface area contributed by atoms with Crippen molar-refractivity contribution >= 4 is 17.6 Å². The van der Waals surface area contributed by atoms with Crippen molar-refractivity contribution in [1.82, 2.24) is 0 Å². The minimum Gasteiger partial charge on any atom is -0.496 e. The fourth-order valence-corrected chi connectivity index (χ4v) is 1.75. The molecule has 4 nitrogen and oxygen atoms in total. The highest BCUT2D eigenvalue weighted by Crippen LogP contribution is 2.37. The summed E-state index contributed by atoms with van der Waals surface area (Å²) in [5.74, 6) is -1.42. The number of alkyl halides is 3. The lowest BCUT2D eigenvalue weighted by atomic mass is 10.0. The van der Waals surface area contributed by atoms with Crippen LogP contribution in [0.1, 0.15) is 11.1 Å². The smallest absolute Gasteiger partial charge is 0.416 e. The van der Waals surface area contributed by atoms with Crippen molar-refractivity contribution in [3.05, 3.63) is 28.3 Å². The van der Waals surface area contributed by atoms with Gasteiger partial charge in [0.15, 0.2) is 0 Å². The van der Waals surface area contributed by atoms with Crippen molar-refractivity contribution in [2.24, 2.45) is 5.73 Å². The summed E-state index contributed by atoms with van der Waals surface area (Å²) < 4.78 is 42.5. The van der Waals surface area contributed by atoms with Gasteiger partial charge in [-0.25, -0.2) is 0 Å². The largest absolute Gasteiger partial charge is 0.496 e. The third-order valence-corrected chi connectivity index (χ3v) is 2.78. The van der Waals surface area contributed by atoms with E-state index in [-0.39, 0.29) is 22.8 Å². The summed E-state index contributed by atoms with van der Waals surface area (Å²) in [5.41, 5.74) is 4.49. The molecular formula is C11H11ClF3NO3. The number of hydrogen-bond acceptors (Lipinski definition) is 3. The Bertz CT molecular complexity index is 491. The van der Waals surface area contributed by atoms with Crippen molar-refractivity contribution in [3.63, 3.8) is 0 Å². The molecule has 3 N–H and O–H groups in total. The molecule has 1 atom stereocenters. The van der Waals surface area contributed by atoms with Crippen LogP contribution in [-0.4, -0.2) is 24.2 Å². The van der Waals surface area contributed by atoms with Gasteiger partial charge in [0.1, 0.15) is 11.8 Å². The molecule has 19 heavy (non-hydrogen) atoms. The monoisotopic (exact) mass is 297 g/mol. The number of methoxy groups -OCH3 is 1. The number of carboxylic acid groups (broad SMARTS) is 1. The van der Waals surface area contributed by atoms with Crippen molar-refractivity contribution in [2.45, 2.75) is 18.6 Å². The maximum Gasteiger partial charge on any atom is 0.416 e. The number of nitrogens with two attached hydrogens (primary N) is 1. The van der Waals surface area contributed by atoms with Gasteiger partial charge in [-0.15, -0.1) is 0 Å². The van der Waals surface area contributed by atoms with Gasteiger partial charge in [0.2, 0.25) is 0 Å². The highest BCUT2D eigenvalue weighted by atomic mass is 35.5. The van der Waals surface area contributed by atoms with E-state index >= 15 is 0 Å². The zero-order chi connectivity index (χ0) is 14.8. The van der Waals surface area contributed by atoms with Gasteiger partial charge in [-0.05, 0) is 12.1 Å². The molecule has 1 aromatic carbocycles. The number of benzene rings is 1. The van der Waals surface area contributed by atoms with E-state index in [9.17, 15) is 18.0 Å². The molecule has 1 aromatic rings. The molecule has 8 heteroatoms. The minimum atomic E-state index is -4.57. The Morgan fingerprint density at radius 3 is 2.53 bits per heavy atom. The van der Waals surface area contributed by atoms with Gasteiger partial charge in [0, 0.05) is 17.0 Å².